The normalized spacial score (nSPS) is 17.1. The molecule has 1 aliphatic rings. The number of rotatable bonds is 6. The minimum absolute atomic E-state index is 0.228. The van der Waals surface area contributed by atoms with E-state index in [0.29, 0.717) is 5.92 Å². The van der Waals surface area contributed by atoms with Gasteiger partial charge in [-0.3, -0.25) is 4.79 Å². The van der Waals surface area contributed by atoms with Crippen LogP contribution in [-0.2, 0) is 11.2 Å². The molecule has 0 saturated heterocycles. The summed E-state index contributed by atoms with van der Waals surface area (Å²) in [4.78, 5) is 19.1. The molecule has 1 heterocycles. The second kappa shape index (κ2) is 7.97. The minimum atomic E-state index is 0.228. The zero-order chi connectivity index (χ0) is 13.3. The minimum Gasteiger partial charge on any atom is -0.356 e. The molecule has 1 saturated carbocycles. The summed E-state index contributed by atoms with van der Waals surface area (Å²) in [6.45, 7) is 0.756. The fourth-order valence-electron chi connectivity index (χ4n) is 2.82. The quantitative estimate of drug-likeness (QED) is 0.612. The molecule has 0 radical (unpaired) electrons. The number of nitrogens with zero attached hydrogens (tertiary/aromatic N) is 1. The summed E-state index contributed by atoms with van der Waals surface area (Å²) in [7, 11) is 0. The van der Waals surface area contributed by atoms with Gasteiger partial charge < -0.3 is 10.3 Å². The van der Waals surface area contributed by atoms with Crippen molar-refractivity contribution in [2.75, 3.05) is 6.54 Å². The third-order valence-corrected chi connectivity index (χ3v) is 3.92. The van der Waals surface area contributed by atoms with Crippen molar-refractivity contribution in [1.82, 2.24) is 15.3 Å². The van der Waals surface area contributed by atoms with Gasteiger partial charge in [-0.25, -0.2) is 4.98 Å². The lowest BCUT2D eigenvalue weighted by atomic mass is 9.96. The number of aromatic nitrogens is 2. The summed E-state index contributed by atoms with van der Waals surface area (Å²) in [5.74, 6) is 1.84. The molecule has 0 aliphatic heterocycles. The maximum atomic E-state index is 11.9. The van der Waals surface area contributed by atoms with Crippen LogP contribution in [0.2, 0.25) is 0 Å². The molecule has 0 bridgehead atoms. The van der Waals surface area contributed by atoms with Gasteiger partial charge in [-0.05, 0) is 25.2 Å². The Morgan fingerprint density at radius 2 is 2.11 bits per heavy atom. The number of carbonyl (C=O) groups excluding carboxylic acids is 1. The lowest BCUT2D eigenvalue weighted by molar-refractivity contribution is -0.122. The number of carbonyl (C=O) groups is 1. The van der Waals surface area contributed by atoms with Crippen LogP contribution in [0.15, 0.2) is 12.4 Å². The van der Waals surface area contributed by atoms with E-state index in [1.54, 1.807) is 6.20 Å². The number of aromatic amines is 1. The Kier molecular flexibility index (Phi) is 5.92. The molecular weight excluding hydrogens is 238 g/mol. The van der Waals surface area contributed by atoms with Crippen molar-refractivity contribution in [3.63, 3.8) is 0 Å². The Labute approximate surface area is 115 Å². The molecule has 106 valence electrons. The van der Waals surface area contributed by atoms with Crippen molar-refractivity contribution in [2.24, 2.45) is 5.92 Å². The fourth-order valence-corrected chi connectivity index (χ4v) is 2.82. The molecule has 1 fully saturated rings. The first-order valence-electron chi connectivity index (χ1n) is 7.59. The Balaban J connectivity index is 1.56. The van der Waals surface area contributed by atoms with Crippen molar-refractivity contribution >= 4 is 5.91 Å². The largest absolute Gasteiger partial charge is 0.356 e. The van der Waals surface area contributed by atoms with E-state index >= 15 is 0 Å². The van der Waals surface area contributed by atoms with E-state index in [1.807, 2.05) is 6.20 Å². The molecule has 1 aromatic rings. The molecule has 2 N–H and O–H groups in total. The molecule has 0 unspecified atom stereocenters. The first-order chi connectivity index (χ1) is 9.34. The molecule has 19 heavy (non-hydrogen) atoms. The van der Waals surface area contributed by atoms with Gasteiger partial charge in [0.25, 0.3) is 0 Å². The van der Waals surface area contributed by atoms with E-state index in [9.17, 15) is 4.79 Å². The zero-order valence-corrected chi connectivity index (χ0v) is 11.7. The van der Waals surface area contributed by atoms with Crippen LogP contribution in [-0.4, -0.2) is 22.4 Å². The number of nitrogens with one attached hydrogen (secondary N) is 2. The summed E-state index contributed by atoms with van der Waals surface area (Å²) < 4.78 is 0. The Hall–Kier alpha value is -1.32. The number of aryl methyl sites for hydroxylation is 1. The highest BCUT2D eigenvalue weighted by molar-refractivity contribution is 5.76. The lowest BCUT2D eigenvalue weighted by Gasteiger charge is -2.13. The molecule has 2 rings (SSSR count). The molecule has 0 atom stereocenters. The molecular formula is C15H25N3O. The smallest absolute Gasteiger partial charge is 0.220 e. The summed E-state index contributed by atoms with van der Waals surface area (Å²) in [5.41, 5.74) is 0. The van der Waals surface area contributed by atoms with E-state index in [-0.39, 0.29) is 5.91 Å². The average Bonchev–Trinajstić information content (AvgIpc) is 2.79. The fraction of sp³-hybridized carbons (Fsp3) is 0.733. The van der Waals surface area contributed by atoms with Gasteiger partial charge in [-0.1, -0.05) is 25.7 Å². The van der Waals surface area contributed by atoms with Crippen molar-refractivity contribution in [3.8, 4) is 0 Å². The first kappa shape index (κ1) is 14.1. The molecule has 4 nitrogen and oxygen atoms in total. The number of imidazole rings is 1. The molecule has 4 heteroatoms. The van der Waals surface area contributed by atoms with Gasteiger partial charge >= 0.3 is 0 Å². The molecule has 1 aliphatic carbocycles. The average molecular weight is 263 g/mol. The predicted octanol–water partition coefficient (Wildman–Crippen LogP) is 2.82. The highest BCUT2D eigenvalue weighted by Crippen LogP contribution is 2.25. The van der Waals surface area contributed by atoms with Crippen molar-refractivity contribution < 1.29 is 4.79 Å². The lowest BCUT2D eigenvalue weighted by Crippen LogP contribution is -2.26. The Morgan fingerprint density at radius 3 is 2.79 bits per heavy atom. The molecule has 0 aromatic carbocycles. The zero-order valence-electron chi connectivity index (χ0n) is 11.7. The molecule has 1 amide bonds. The van der Waals surface area contributed by atoms with Crippen molar-refractivity contribution in [1.29, 1.82) is 0 Å². The van der Waals surface area contributed by atoms with Crippen LogP contribution in [0.4, 0.5) is 0 Å². The van der Waals surface area contributed by atoms with Gasteiger partial charge in [0.15, 0.2) is 0 Å². The highest BCUT2D eigenvalue weighted by Gasteiger charge is 2.15. The van der Waals surface area contributed by atoms with Crippen LogP contribution >= 0.6 is 0 Å². The van der Waals surface area contributed by atoms with E-state index in [1.165, 1.54) is 38.5 Å². The van der Waals surface area contributed by atoms with Gasteiger partial charge in [0.1, 0.15) is 5.82 Å². The monoisotopic (exact) mass is 263 g/mol. The summed E-state index contributed by atoms with van der Waals surface area (Å²) in [6, 6.07) is 0. The second-order valence-electron chi connectivity index (χ2n) is 5.55. The van der Waals surface area contributed by atoms with Gasteiger partial charge in [0, 0.05) is 31.8 Å². The summed E-state index contributed by atoms with van der Waals surface area (Å²) in [5, 5.41) is 3.03. The van der Waals surface area contributed by atoms with Gasteiger partial charge in [-0.2, -0.15) is 0 Å². The first-order valence-corrected chi connectivity index (χ1v) is 7.59. The standard InChI is InChI=1S/C15H25N3O/c19-15(12-13-6-3-1-2-4-7-13)18-9-5-8-14-16-10-11-17-14/h10-11,13H,1-9,12H2,(H,16,17)(H,18,19). The van der Waals surface area contributed by atoms with Crippen LogP contribution in [0.5, 0.6) is 0 Å². The van der Waals surface area contributed by atoms with Gasteiger partial charge in [0.2, 0.25) is 5.91 Å². The summed E-state index contributed by atoms with van der Waals surface area (Å²) in [6.07, 6.45) is 13.9. The Bertz CT molecular complexity index is 353. The molecule has 0 spiro atoms. The van der Waals surface area contributed by atoms with Crippen molar-refractivity contribution in [2.45, 2.75) is 57.8 Å². The van der Waals surface area contributed by atoms with Crippen LogP contribution in [0.25, 0.3) is 0 Å². The van der Waals surface area contributed by atoms with E-state index < -0.39 is 0 Å². The number of hydrogen-bond acceptors (Lipinski definition) is 2. The third kappa shape index (κ3) is 5.45. The maximum Gasteiger partial charge on any atom is 0.220 e. The topological polar surface area (TPSA) is 57.8 Å². The summed E-state index contributed by atoms with van der Waals surface area (Å²) >= 11 is 0. The van der Waals surface area contributed by atoms with Gasteiger partial charge in [-0.15, -0.1) is 0 Å². The number of hydrogen-bond donors (Lipinski definition) is 2. The highest BCUT2D eigenvalue weighted by atomic mass is 16.1. The predicted molar refractivity (Wildman–Crippen MR) is 75.7 cm³/mol. The van der Waals surface area contributed by atoms with Crippen LogP contribution in [0.3, 0.4) is 0 Å². The van der Waals surface area contributed by atoms with Crippen LogP contribution in [0.1, 0.15) is 57.2 Å². The molecule has 1 aromatic heterocycles. The SMILES string of the molecule is O=C(CC1CCCCCC1)NCCCc1ncc[nH]1. The number of H-pyrrole nitrogens is 1. The van der Waals surface area contributed by atoms with E-state index in [4.69, 9.17) is 0 Å². The van der Waals surface area contributed by atoms with Gasteiger partial charge in [0.05, 0.1) is 0 Å². The van der Waals surface area contributed by atoms with E-state index in [2.05, 4.69) is 15.3 Å². The third-order valence-electron chi connectivity index (χ3n) is 3.92. The van der Waals surface area contributed by atoms with Crippen molar-refractivity contribution in [3.05, 3.63) is 18.2 Å². The number of amides is 1. The van der Waals surface area contributed by atoms with E-state index in [0.717, 1.165) is 31.6 Å². The van der Waals surface area contributed by atoms with Crippen LogP contribution < -0.4 is 5.32 Å². The van der Waals surface area contributed by atoms with Crippen LogP contribution in [0, 0.1) is 5.92 Å². The maximum absolute atomic E-state index is 11.9. The Morgan fingerprint density at radius 1 is 1.32 bits per heavy atom. The second-order valence-corrected chi connectivity index (χ2v) is 5.55.